The molecule has 0 heterocycles. The molecule has 2 N–H and O–H groups in total. The average molecular weight is 438 g/mol. The van der Waals surface area contributed by atoms with Crippen molar-refractivity contribution >= 4 is 35.8 Å². The fourth-order valence-corrected chi connectivity index (χ4v) is 2.57. The number of nitrogens with zero attached hydrogens (tertiary/aromatic N) is 2. The molecule has 1 aliphatic rings. The van der Waals surface area contributed by atoms with E-state index >= 15 is 0 Å². The van der Waals surface area contributed by atoms with Crippen molar-refractivity contribution in [3.05, 3.63) is 0 Å². The first-order valence-electron chi connectivity index (χ1n) is 8.71. The maximum atomic E-state index is 11.7. The third kappa shape index (κ3) is 10.8. The summed E-state index contributed by atoms with van der Waals surface area (Å²) in [6.07, 6.45) is 7.79. The van der Waals surface area contributed by atoms with Crippen molar-refractivity contribution in [2.75, 3.05) is 33.7 Å². The SMILES string of the molecule is CC(C)CCNC(=NCC(=O)N(C)C)NCC1CCCCC1.I. The van der Waals surface area contributed by atoms with Gasteiger partial charge in [0, 0.05) is 27.2 Å². The van der Waals surface area contributed by atoms with Crippen LogP contribution in [0.3, 0.4) is 0 Å². The van der Waals surface area contributed by atoms with Gasteiger partial charge >= 0.3 is 0 Å². The molecule has 1 fully saturated rings. The van der Waals surface area contributed by atoms with E-state index < -0.39 is 0 Å². The maximum absolute atomic E-state index is 11.7. The van der Waals surface area contributed by atoms with Crippen LogP contribution in [0.4, 0.5) is 0 Å². The van der Waals surface area contributed by atoms with Crippen LogP contribution in [-0.2, 0) is 4.79 Å². The molecule has 0 aromatic heterocycles. The number of amides is 1. The van der Waals surface area contributed by atoms with E-state index in [2.05, 4.69) is 29.5 Å². The smallest absolute Gasteiger partial charge is 0.243 e. The van der Waals surface area contributed by atoms with Gasteiger partial charge in [0.25, 0.3) is 0 Å². The summed E-state index contributed by atoms with van der Waals surface area (Å²) in [4.78, 5) is 17.7. The van der Waals surface area contributed by atoms with Crippen molar-refractivity contribution in [3.63, 3.8) is 0 Å². The fourth-order valence-electron chi connectivity index (χ4n) is 2.57. The van der Waals surface area contributed by atoms with Gasteiger partial charge < -0.3 is 15.5 Å². The Bertz CT molecular complexity index is 353. The molecule has 0 saturated heterocycles. The number of hydrogen-bond acceptors (Lipinski definition) is 2. The number of nitrogens with one attached hydrogen (secondary N) is 2. The van der Waals surface area contributed by atoms with Gasteiger partial charge in [-0.25, -0.2) is 4.99 Å². The predicted molar refractivity (Wildman–Crippen MR) is 108 cm³/mol. The number of halogens is 1. The standard InChI is InChI=1S/C17H34N4O.HI/c1-14(2)10-11-18-17(20-13-16(22)21(3)4)19-12-15-8-6-5-7-9-15;/h14-15H,5-13H2,1-4H3,(H2,18,19,20);1H. The van der Waals surface area contributed by atoms with Crippen molar-refractivity contribution in [1.29, 1.82) is 0 Å². The Morgan fingerprint density at radius 3 is 2.39 bits per heavy atom. The van der Waals surface area contributed by atoms with Crippen LogP contribution in [0, 0.1) is 11.8 Å². The van der Waals surface area contributed by atoms with Gasteiger partial charge in [0.15, 0.2) is 5.96 Å². The molecule has 0 bridgehead atoms. The van der Waals surface area contributed by atoms with Crippen LogP contribution in [-0.4, -0.2) is 50.5 Å². The molecule has 0 unspecified atom stereocenters. The van der Waals surface area contributed by atoms with Gasteiger partial charge in [-0.1, -0.05) is 33.1 Å². The van der Waals surface area contributed by atoms with Gasteiger partial charge in [0.05, 0.1) is 0 Å². The molecule has 5 nitrogen and oxygen atoms in total. The lowest BCUT2D eigenvalue weighted by atomic mass is 9.89. The number of carbonyl (C=O) groups excluding carboxylic acids is 1. The molecule has 6 heteroatoms. The summed E-state index contributed by atoms with van der Waals surface area (Å²) in [6.45, 7) is 6.48. The van der Waals surface area contributed by atoms with Crippen LogP contribution in [0.25, 0.3) is 0 Å². The monoisotopic (exact) mass is 438 g/mol. The normalized spacial score (nSPS) is 16.0. The summed E-state index contributed by atoms with van der Waals surface area (Å²) >= 11 is 0. The minimum atomic E-state index is 0. The number of hydrogen-bond donors (Lipinski definition) is 2. The third-order valence-electron chi connectivity index (χ3n) is 4.17. The van der Waals surface area contributed by atoms with Crippen molar-refractivity contribution in [2.24, 2.45) is 16.8 Å². The lowest BCUT2D eigenvalue weighted by Gasteiger charge is -2.23. The number of aliphatic imine (C=N–C) groups is 1. The second-order valence-electron chi connectivity index (χ2n) is 6.95. The molecule has 0 atom stereocenters. The molecule has 0 aromatic carbocycles. The molecule has 23 heavy (non-hydrogen) atoms. The van der Waals surface area contributed by atoms with Gasteiger partial charge in [-0.15, -0.1) is 24.0 Å². The van der Waals surface area contributed by atoms with Crippen molar-refractivity contribution in [2.45, 2.75) is 52.4 Å². The topological polar surface area (TPSA) is 56.7 Å². The zero-order chi connectivity index (χ0) is 16.4. The first-order valence-corrected chi connectivity index (χ1v) is 8.71. The van der Waals surface area contributed by atoms with Crippen LogP contribution < -0.4 is 10.6 Å². The molecule has 1 amide bonds. The molecular formula is C17H35IN4O. The Morgan fingerprint density at radius 1 is 1.17 bits per heavy atom. The molecule has 1 saturated carbocycles. The van der Waals surface area contributed by atoms with Gasteiger partial charge in [0.2, 0.25) is 5.91 Å². The summed E-state index contributed by atoms with van der Waals surface area (Å²) in [7, 11) is 3.53. The Labute approximate surface area is 159 Å². The van der Waals surface area contributed by atoms with E-state index in [9.17, 15) is 4.79 Å². The van der Waals surface area contributed by atoms with Crippen molar-refractivity contribution in [3.8, 4) is 0 Å². The van der Waals surface area contributed by atoms with Crippen LogP contribution in [0.2, 0.25) is 0 Å². The molecular weight excluding hydrogens is 403 g/mol. The zero-order valence-electron chi connectivity index (χ0n) is 15.2. The van der Waals surface area contributed by atoms with Gasteiger partial charge in [0.1, 0.15) is 6.54 Å². The van der Waals surface area contributed by atoms with E-state index in [0.29, 0.717) is 5.92 Å². The Kier molecular flexibility index (Phi) is 12.5. The van der Waals surface area contributed by atoms with E-state index in [1.54, 1.807) is 19.0 Å². The summed E-state index contributed by atoms with van der Waals surface area (Å²) in [6, 6.07) is 0. The summed E-state index contributed by atoms with van der Waals surface area (Å²) < 4.78 is 0. The summed E-state index contributed by atoms with van der Waals surface area (Å²) in [5.41, 5.74) is 0. The van der Waals surface area contributed by atoms with Gasteiger partial charge in [-0.3, -0.25) is 4.79 Å². The molecule has 136 valence electrons. The minimum Gasteiger partial charge on any atom is -0.356 e. The van der Waals surface area contributed by atoms with Crippen LogP contribution in [0.1, 0.15) is 52.4 Å². The number of rotatable bonds is 7. The molecule has 0 aromatic rings. The first kappa shape index (κ1) is 22.5. The van der Waals surface area contributed by atoms with E-state index in [1.807, 2.05) is 0 Å². The molecule has 0 radical (unpaired) electrons. The van der Waals surface area contributed by atoms with Crippen LogP contribution >= 0.6 is 24.0 Å². The number of carbonyl (C=O) groups is 1. The largest absolute Gasteiger partial charge is 0.356 e. The van der Waals surface area contributed by atoms with E-state index in [4.69, 9.17) is 0 Å². The van der Waals surface area contributed by atoms with E-state index in [0.717, 1.165) is 31.4 Å². The van der Waals surface area contributed by atoms with Gasteiger partial charge in [-0.05, 0) is 31.1 Å². The molecule has 1 rings (SSSR count). The summed E-state index contributed by atoms with van der Waals surface area (Å²) in [5, 5.41) is 6.78. The third-order valence-corrected chi connectivity index (χ3v) is 4.17. The first-order chi connectivity index (χ1) is 10.5. The quantitative estimate of drug-likeness (QED) is 0.365. The van der Waals surface area contributed by atoms with E-state index in [-0.39, 0.29) is 36.4 Å². The lowest BCUT2D eigenvalue weighted by molar-refractivity contribution is -0.127. The van der Waals surface area contributed by atoms with Crippen molar-refractivity contribution in [1.82, 2.24) is 15.5 Å². The van der Waals surface area contributed by atoms with Gasteiger partial charge in [-0.2, -0.15) is 0 Å². The van der Waals surface area contributed by atoms with Crippen LogP contribution in [0.5, 0.6) is 0 Å². The molecule has 1 aliphatic carbocycles. The summed E-state index contributed by atoms with van der Waals surface area (Å²) in [5.74, 6) is 2.22. The minimum absolute atomic E-state index is 0. The second-order valence-corrected chi connectivity index (χ2v) is 6.95. The number of guanidine groups is 1. The van der Waals surface area contributed by atoms with E-state index in [1.165, 1.54) is 32.1 Å². The highest BCUT2D eigenvalue weighted by Gasteiger charge is 2.14. The zero-order valence-corrected chi connectivity index (χ0v) is 17.6. The lowest BCUT2D eigenvalue weighted by Crippen LogP contribution is -2.41. The highest BCUT2D eigenvalue weighted by molar-refractivity contribution is 14.0. The second kappa shape index (κ2) is 12.8. The molecule has 0 aliphatic heterocycles. The average Bonchev–Trinajstić information content (AvgIpc) is 2.49. The fraction of sp³-hybridized carbons (Fsp3) is 0.882. The Hall–Kier alpha value is -0.530. The predicted octanol–water partition coefficient (Wildman–Crippen LogP) is 2.85. The number of likely N-dealkylation sites (N-methyl/N-ethyl adjacent to an activating group) is 1. The highest BCUT2D eigenvalue weighted by atomic mass is 127. The maximum Gasteiger partial charge on any atom is 0.243 e. The van der Waals surface area contributed by atoms with Crippen molar-refractivity contribution < 1.29 is 4.79 Å². The Balaban J connectivity index is 0.00000484. The Morgan fingerprint density at radius 2 is 1.83 bits per heavy atom. The highest BCUT2D eigenvalue weighted by Crippen LogP contribution is 2.22. The van der Waals surface area contributed by atoms with Crippen LogP contribution in [0.15, 0.2) is 4.99 Å². The molecule has 0 spiro atoms.